The van der Waals surface area contributed by atoms with E-state index in [9.17, 15) is 0 Å². The van der Waals surface area contributed by atoms with Crippen LogP contribution in [0.5, 0.6) is 0 Å². The molecule has 1 fully saturated rings. The normalized spacial score (nSPS) is 24.0. The minimum Gasteiger partial charge on any atom is -0.379 e. The van der Waals surface area contributed by atoms with E-state index in [1.807, 2.05) is 0 Å². The Labute approximate surface area is 134 Å². The fourth-order valence-corrected chi connectivity index (χ4v) is 1.90. The first-order chi connectivity index (χ1) is 11.0. The lowest BCUT2D eigenvalue weighted by Gasteiger charge is -2.09. The third-order valence-electron chi connectivity index (χ3n) is 3.14. The van der Waals surface area contributed by atoms with Gasteiger partial charge in [-0.3, -0.25) is 0 Å². The second-order valence-electron chi connectivity index (χ2n) is 5.09. The molecule has 0 aromatic rings. The molecule has 1 aliphatic heterocycles. The highest BCUT2D eigenvalue weighted by molar-refractivity contribution is 4.42. The van der Waals surface area contributed by atoms with Gasteiger partial charge in [-0.25, -0.2) is 0 Å². The van der Waals surface area contributed by atoms with Crippen LogP contribution in [-0.2, 0) is 28.4 Å². The van der Waals surface area contributed by atoms with Gasteiger partial charge in [-0.05, 0) is 25.7 Å². The van der Waals surface area contributed by atoms with Gasteiger partial charge in [0.2, 0.25) is 0 Å². The minimum atomic E-state index is 0.630. The van der Waals surface area contributed by atoms with Crippen molar-refractivity contribution in [3.8, 4) is 0 Å². The summed E-state index contributed by atoms with van der Waals surface area (Å²) in [6.45, 7) is 8.14. The molecule has 6 heteroatoms. The van der Waals surface area contributed by atoms with Crippen molar-refractivity contribution in [2.75, 3.05) is 79.3 Å². The van der Waals surface area contributed by atoms with Gasteiger partial charge in [-0.1, -0.05) is 0 Å². The van der Waals surface area contributed by atoms with Crippen molar-refractivity contribution in [3.63, 3.8) is 0 Å². The Hall–Kier alpha value is -0.240. The Morgan fingerprint density at radius 1 is 0.227 bits per heavy atom. The van der Waals surface area contributed by atoms with Crippen LogP contribution in [0.25, 0.3) is 0 Å². The summed E-state index contributed by atoms with van der Waals surface area (Å²) in [5, 5.41) is 0. The average molecular weight is 320 g/mol. The maximum Gasteiger partial charge on any atom is 0.0701 e. The zero-order chi connectivity index (χ0) is 15.6. The first kappa shape index (κ1) is 19.8. The summed E-state index contributed by atoms with van der Waals surface area (Å²) in [5.74, 6) is 0. The van der Waals surface area contributed by atoms with Gasteiger partial charge in [0.25, 0.3) is 0 Å². The minimum absolute atomic E-state index is 0.630. The molecule has 1 aliphatic rings. The SMILES string of the molecule is C1CCOCCOCCOCCCCOCCOCCOC1. The van der Waals surface area contributed by atoms with Gasteiger partial charge < -0.3 is 28.4 Å². The molecule has 1 saturated heterocycles. The van der Waals surface area contributed by atoms with Gasteiger partial charge in [0, 0.05) is 26.4 Å². The van der Waals surface area contributed by atoms with Crippen LogP contribution >= 0.6 is 0 Å². The molecule has 0 spiro atoms. The van der Waals surface area contributed by atoms with Gasteiger partial charge in [0.1, 0.15) is 0 Å². The van der Waals surface area contributed by atoms with Crippen molar-refractivity contribution in [2.45, 2.75) is 25.7 Å². The average Bonchev–Trinajstić information content (AvgIpc) is 2.53. The van der Waals surface area contributed by atoms with Crippen molar-refractivity contribution in [2.24, 2.45) is 0 Å². The Morgan fingerprint density at radius 2 is 0.409 bits per heavy atom. The number of rotatable bonds is 0. The molecule has 0 amide bonds. The maximum absolute atomic E-state index is 5.49. The standard InChI is InChI=1S/C16H32O6/c1-2-6-18-10-14-22-16-12-20-8-4-3-7-19-11-15-21-13-9-17-5-1/h1-16H2. The van der Waals surface area contributed by atoms with Crippen molar-refractivity contribution < 1.29 is 28.4 Å². The van der Waals surface area contributed by atoms with Gasteiger partial charge >= 0.3 is 0 Å². The molecule has 0 bridgehead atoms. The molecule has 0 radical (unpaired) electrons. The fourth-order valence-electron chi connectivity index (χ4n) is 1.90. The predicted octanol–water partition coefficient (Wildman–Crippen LogP) is 1.66. The van der Waals surface area contributed by atoms with E-state index in [2.05, 4.69) is 0 Å². The molecule has 0 saturated carbocycles. The van der Waals surface area contributed by atoms with Crippen molar-refractivity contribution in [1.29, 1.82) is 0 Å². The van der Waals surface area contributed by atoms with E-state index in [0.29, 0.717) is 52.9 Å². The monoisotopic (exact) mass is 320 g/mol. The molecule has 22 heavy (non-hydrogen) atoms. The van der Waals surface area contributed by atoms with E-state index in [1.165, 1.54) is 0 Å². The lowest BCUT2D eigenvalue weighted by atomic mass is 10.3. The molecule has 0 N–H and O–H groups in total. The molecule has 6 nitrogen and oxygen atoms in total. The molecule has 1 heterocycles. The topological polar surface area (TPSA) is 55.4 Å². The Morgan fingerprint density at radius 3 is 0.636 bits per heavy atom. The van der Waals surface area contributed by atoms with Crippen LogP contribution in [0.4, 0.5) is 0 Å². The van der Waals surface area contributed by atoms with E-state index >= 15 is 0 Å². The molecule has 0 aromatic carbocycles. The first-order valence-corrected chi connectivity index (χ1v) is 8.46. The highest BCUT2D eigenvalue weighted by atomic mass is 16.5. The van der Waals surface area contributed by atoms with E-state index in [0.717, 1.165) is 52.1 Å². The van der Waals surface area contributed by atoms with Crippen molar-refractivity contribution in [3.05, 3.63) is 0 Å². The lowest BCUT2D eigenvalue weighted by molar-refractivity contribution is 0.00118. The van der Waals surface area contributed by atoms with Gasteiger partial charge in [0.15, 0.2) is 0 Å². The summed E-state index contributed by atoms with van der Waals surface area (Å²) in [7, 11) is 0. The highest BCUT2D eigenvalue weighted by Gasteiger charge is 1.96. The zero-order valence-corrected chi connectivity index (χ0v) is 13.8. The third-order valence-corrected chi connectivity index (χ3v) is 3.14. The van der Waals surface area contributed by atoms with Gasteiger partial charge in [0.05, 0.1) is 52.9 Å². The number of hydrogen-bond acceptors (Lipinski definition) is 6. The second-order valence-corrected chi connectivity index (χ2v) is 5.09. The van der Waals surface area contributed by atoms with Crippen LogP contribution in [0.2, 0.25) is 0 Å². The number of ether oxygens (including phenoxy) is 6. The van der Waals surface area contributed by atoms with Gasteiger partial charge in [-0.2, -0.15) is 0 Å². The van der Waals surface area contributed by atoms with Crippen LogP contribution in [-0.4, -0.2) is 79.3 Å². The van der Waals surface area contributed by atoms with E-state index < -0.39 is 0 Å². The first-order valence-electron chi connectivity index (χ1n) is 8.46. The molecule has 0 aromatic heterocycles. The van der Waals surface area contributed by atoms with Crippen LogP contribution in [0.3, 0.4) is 0 Å². The quantitative estimate of drug-likeness (QED) is 0.677. The van der Waals surface area contributed by atoms with E-state index in [-0.39, 0.29) is 0 Å². The molecule has 0 aliphatic carbocycles. The van der Waals surface area contributed by atoms with Crippen LogP contribution < -0.4 is 0 Å². The molecule has 1 rings (SSSR count). The molecular formula is C16H32O6. The summed E-state index contributed by atoms with van der Waals surface area (Å²) in [6, 6.07) is 0. The summed E-state index contributed by atoms with van der Waals surface area (Å²) in [4.78, 5) is 0. The Kier molecular flexibility index (Phi) is 15.4. The lowest BCUT2D eigenvalue weighted by Crippen LogP contribution is -2.12. The summed E-state index contributed by atoms with van der Waals surface area (Å²) >= 11 is 0. The number of hydrogen-bond donors (Lipinski definition) is 0. The predicted molar refractivity (Wildman–Crippen MR) is 83.4 cm³/mol. The summed E-state index contributed by atoms with van der Waals surface area (Å²) < 4.78 is 32.8. The second kappa shape index (κ2) is 17.1. The van der Waals surface area contributed by atoms with Crippen LogP contribution in [0.15, 0.2) is 0 Å². The van der Waals surface area contributed by atoms with Crippen molar-refractivity contribution >= 4 is 0 Å². The zero-order valence-electron chi connectivity index (χ0n) is 13.8. The summed E-state index contributed by atoms with van der Waals surface area (Å²) in [6.07, 6.45) is 4.05. The van der Waals surface area contributed by atoms with Gasteiger partial charge in [-0.15, -0.1) is 0 Å². The smallest absolute Gasteiger partial charge is 0.0701 e. The molecule has 0 atom stereocenters. The largest absolute Gasteiger partial charge is 0.379 e. The molecule has 132 valence electrons. The highest BCUT2D eigenvalue weighted by Crippen LogP contribution is 1.94. The van der Waals surface area contributed by atoms with Crippen LogP contribution in [0.1, 0.15) is 25.7 Å². The third kappa shape index (κ3) is 14.7. The van der Waals surface area contributed by atoms with Crippen molar-refractivity contribution in [1.82, 2.24) is 0 Å². The Balaban J connectivity index is 2.00. The van der Waals surface area contributed by atoms with E-state index in [4.69, 9.17) is 28.4 Å². The molecule has 0 unspecified atom stereocenters. The Bertz CT molecular complexity index is 117. The summed E-state index contributed by atoms with van der Waals surface area (Å²) in [5.41, 5.74) is 0. The van der Waals surface area contributed by atoms with E-state index in [1.54, 1.807) is 0 Å². The molecular weight excluding hydrogens is 288 g/mol. The fraction of sp³-hybridized carbons (Fsp3) is 1.00. The maximum atomic E-state index is 5.49. The van der Waals surface area contributed by atoms with Crippen LogP contribution in [0, 0.1) is 0 Å².